The third-order valence-corrected chi connectivity index (χ3v) is 3.60. The second-order valence-electron chi connectivity index (χ2n) is 4.66. The summed E-state index contributed by atoms with van der Waals surface area (Å²) in [6.45, 7) is 3.01. The summed E-state index contributed by atoms with van der Waals surface area (Å²) in [6.07, 6.45) is 1.32. The van der Waals surface area contributed by atoms with Gasteiger partial charge in [-0.2, -0.15) is 4.39 Å². The van der Waals surface area contributed by atoms with E-state index in [4.69, 9.17) is 11.6 Å². The summed E-state index contributed by atoms with van der Waals surface area (Å²) in [5.74, 6) is 0.0715. The normalized spacial score (nSPS) is 15.2. The Hall–Kier alpha value is -1.99. The van der Waals surface area contributed by atoms with Gasteiger partial charge < -0.3 is 15.2 Å². The van der Waals surface area contributed by atoms with Crippen LogP contribution < -0.4 is 15.8 Å². The first kappa shape index (κ1) is 14.0. The van der Waals surface area contributed by atoms with Crippen LogP contribution in [0, 0.1) is 5.95 Å². The molecule has 0 amide bonds. The summed E-state index contributed by atoms with van der Waals surface area (Å²) in [4.78, 5) is 24.4. The lowest BCUT2D eigenvalue weighted by molar-refractivity contribution is 0.583. The Labute approximate surface area is 125 Å². The van der Waals surface area contributed by atoms with E-state index in [1.165, 1.54) is 12.3 Å². The number of halogens is 2. The quantitative estimate of drug-likeness (QED) is 0.811. The molecule has 0 radical (unpaired) electrons. The van der Waals surface area contributed by atoms with Gasteiger partial charge >= 0.3 is 0 Å². The molecule has 3 rings (SSSR count). The van der Waals surface area contributed by atoms with E-state index in [1.807, 2.05) is 4.90 Å². The molecule has 0 bridgehead atoms. The molecule has 2 aromatic rings. The molecule has 0 saturated carbocycles. The van der Waals surface area contributed by atoms with Crippen molar-refractivity contribution in [1.82, 2.24) is 20.3 Å². The third kappa shape index (κ3) is 2.88. The van der Waals surface area contributed by atoms with Crippen LogP contribution in [0.25, 0.3) is 11.4 Å². The van der Waals surface area contributed by atoms with Gasteiger partial charge in [-0.3, -0.25) is 4.79 Å². The highest BCUT2D eigenvalue weighted by molar-refractivity contribution is 6.32. The third-order valence-electron chi connectivity index (χ3n) is 3.26. The lowest BCUT2D eigenvalue weighted by Crippen LogP contribution is -2.44. The molecule has 1 saturated heterocycles. The molecular weight excluding hydrogens is 297 g/mol. The van der Waals surface area contributed by atoms with Crippen LogP contribution in [0.4, 0.5) is 10.2 Å². The van der Waals surface area contributed by atoms with Gasteiger partial charge in [0.2, 0.25) is 5.95 Å². The molecule has 2 N–H and O–H groups in total. The van der Waals surface area contributed by atoms with Gasteiger partial charge in [-0.05, 0) is 6.07 Å². The number of aromatic nitrogens is 3. The molecule has 0 unspecified atom stereocenters. The van der Waals surface area contributed by atoms with E-state index < -0.39 is 11.5 Å². The van der Waals surface area contributed by atoms with Gasteiger partial charge in [0.1, 0.15) is 10.8 Å². The molecule has 0 atom stereocenters. The number of piperazine rings is 1. The van der Waals surface area contributed by atoms with Crippen LogP contribution in [0.3, 0.4) is 0 Å². The standard InChI is InChI=1S/C13H13ClFN5O/c14-10-12(20-5-3-16-4-6-20)18-11(19-13(10)21)8-1-2-17-9(15)7-8/h1-2,7,16H,3-6H2,(H,18,19,21). The summed E-state index contributed by atoms with van der Waals surface area (Å²) >= 11 is 6.06. The van der Waals surface area contributed by atoms with Crippen LogP contribution in [0.5, 0.6) is 0 Å². The van der Waals surface area contributed by atoms with Crippen LogP contribution in [-0.4, -0.2) is 41.1 Å². The monoisotopic (exact) mass is 309 g/mol. The molecule has 6 nitrogen and oxygen atoms in total. The van der Waals surface area contributed by atoms with Gasteiger partial charge in [0.25, 0.3) is 5.56 Å². The Morgan fingerprint density at radius 2 is 2.10 bits per heavy atom. The number of hydrogen-bond donors (Lipinski definition) is 2. The first-order valence-electron chi connectivity index (χ1n) is 6.52. The first-order valence-corrected chi connectivity index (χ1v) is 6.90. The maximum Gasteiger partial charge on any atom is 0.272 e. The highest BCUT2D eigenvalue weighted by Crippen LogP contribution is 2.23. The minimum atomic E-state index is -0.631. The zero-order valence-corrected chi connectivity index (χ0v) is 11.8. The van der Waals surface area contributed by atoms with Crippen molar-refractivity contribution in [3.8, 4) is 11.4 Å². The fourth-order valence-electron chi connectivity index (χ4n) is 2.22. The minimum Gasteiger partial charge on any atom is -0.353 e. The largest absolute Gasteiger partial charge is 0.353 e. The van der Waals surface area contributed by atoms with E-state index >= 15 is 0 Å². The summed E-state index contributed by atoms with van der Waals surface area (Å²) in [7, 11) is 0. The molecule has 1 aliphatic heterocycles. The number of rotatable bonds is 2. The summed E-state index contributed by atoms with van der Waals surface area (Å²) in [5, 5.41) is 3.27. The van der Waals surface area contributed by atoms with Gasteiger partial charge in [-0.15, -0.1) is 0 Å². The molecule has 8 heteroatoms. The Balaban J connectivity index is 2.07. The highest BCUT2D eigenvalue weighted by Gasteiger charge is 2.19. The molecule has 110 valence electrons. The Morgan fingerprint density at radius 3 is 2.81 bits per heavy atom. The number of aromatic amines is 1. The second-order valence-corrected chi connectivity index (χ2v) is 5.03. The molecule has 0 aromatic carbocycles. The average Bonchev–Trinajstić information content (AvgIpc) is 2.51. The van der Waals surface area contributed by atoms with E-state index in [0.717, 1.165) is 13.1 Å². The number of anilines is 1. The lowest BCUT2D eigenvalue weighted by Gasteiger charge is -2.29. The van der Waals surface area contributed by atoms with Crippen molar-refractivity contribution >= 4 is 17.4 Å². The molecule has 2 aromatic heterocycles. The molecule has 0 aliphatic carbocycles. The summed E-state index contributed by atoms with van der Waals surface area (Å²) in [5.41, 5.74) is 0.0140. The van der Waals surface area contributed by atoms with E-state index in [0.29, 0.717) is 24.5 Å². The molecular formula is C13H13ClFN5O. The van der Waals surface area contributed by atoms with Crippen molar-refractivity contribution in [3.05, 3.63) is 39.7 Å². The SMILES string of the molecule is O=c1[nH]c(-c2ccnc(F)c2)nc(N2CCNCC2)c1Cl. The van der Waals surface area contributed by atoms with Gasteiger partial charge in [0.05, 0.1) is 0 Å². The van der Waals surface area contributed by atoms with Gasteiger partial charge in [0, 0.05) is 44.0 Å². The maximum atomic E-state index is 13.2. The van der Waals surface area contributed by atoms with Gasteiger partial charge in [-0.1, -0.05) is 11.6 Å². The Bertz CT molecular complexity index is 714. The van der Waals surface area contributed by atoms with Crippen molar-refractivity contribution in [3.63, 3.8) is 0 Å². The minimum absolute atomic E-state index is 0.0511. The van der Waals surface area contributed by atoms with Crippen molar-refractivity contribution in [1.29, 1.82) is 0 Å². The molecule has 1 fully saturated rings. The van der Waals surface area contributed by atoms with Crippen molar-refractivity contribution in [2.24, 2.45) is 0 Å². The smallest absolute Gasteiger partial charge is 0.272 e. The van der Waals surface area contributed by atoms with Crippen molar-refractivity contribution < 1.29 is 4.39 Å². The van der Waals surface area contributed by atoms with Gasteiger partial charge in [-0.25, -0.2) is 9.97 Å². The fraction of sp³-hybridized carbons (Fsp3) is 0.308. The fourth-order valence-corrected chi connectivity index (χ4v) is 2.43. The number of H-pyrrole nitrogens is 1. The van der Waals surface area contributed by atoms with Crippen LogP contribution in [0.15, 0.2) is 23.1 Å². The summed E-state index contributed by atoms with van der Waals surface area (Å²) < 4.78 is 13.2. The lowest BCUT2D eigenvalue weighted by atomic mass is 10.2. The number of pyridine rings is 1. The molecule has 21 heavy (non-hydrogen) atoms. The van der Waals surface area contributed by atoms with Gasteiger partial charge in [0.15, 0.2) is 5.82 Å². The first-order chi connectivity index (χ1) is 10.1. The topological polar surface area (TPSA) is 73.9 Å². The zero-order valence-electron chi connectivity index (χ0n) is 11.1. The Kier molecular flexibility index (Phi) is 3.85. The number of nitrogens with zero attached hydrogens (tertiary/aromatic N) is 3. The van der Waals surface area contributed by atoms with E-state index in [1.54, 1.807) is 6.07 Å². The van der Waals surface area contributed by atoms with Crippen molar-refractivity contribution in [2.45, 2.75) is 0 Å². The average molecular weight is 310 g/mol. The van der Waals surface area contributed by atoms with E-state index in [2.05, 4.69) is 20.3 Å². The number of hydrogen-bond acceptors (Lipinski definition) is 5. The van der Waals surface area contributed by atoms with Crippen LogP contribution in [0.2, 0.25) is 5.02 Å². The van der Waals surface area contributed by atoms with E-state index in [-0.39, 0.29) is 10.8 Å². The van der Waals surface area contributed by atoms with Crippen LogP contribution in [0.1, 0.15) is 0 Å². The highest BCUT2D eigenvalue weighted by atomic mass is 35.5. The maximum absolute atomic E-state index is 13.2. The second kappa shape index (κ2) is 5.79. The van der Waals surface area contributed by atoms with Crippen LogP contribution in [-0.2, 0) is 0 Å². The van der Waals surface area contributed by atoms with Crippen LogP contribution >= 0.6 is 11.6 Å². The Morgan fingerprint density at radius 1 is 1.33 bits per heavy atom. The number of nitrogens with one attached hydrogen (secondary N) is 2. The van der Waals surface area contributed by atoms with E-state index in [9.17, 15) is 9.18 Å². The molecule has 1 aliphatic rings. The molecule has 3 heterocycles. The summed E-state index contributed by atoms with van der Waals surface area (Å²) in [6, 6.07) is 2.80. The molecule has 0 spiro atoms. The van der Waals surface area contributed by atoms with Crippen molar-refractivity contribution in [2.75, 3.05) is 31.1 Å². The predicted octanol–water partition coefficient (Wildman–Crippen LogP) is 1.03. The predicted molar refractivity (Wildman–Crippen MR) is 78.1 cm³/mol. The zero-order chi connectivity index (χ0) is 14.8.